The van der Waals surface area contributed by atoms with Crippen molar-refractivity contribution in [2.75, 3.05) is 6.61 Å². The summed E-state index contributed by atoms with van der Waals surface area (Å²) in [5.74, 6) is 0. The number of aliphatic hydroxyl groups excluding tert-OH is 1. The van der Waals surface area contributed by atoms with E-state index in [1.165, 1.54) is 77.0 Å². The molecular weight excluding hydrogens is 395 g/mol. The van der Waals surface area contributed by atoms with Gasteiger partial charge in [-0.2, -0.15) is 0 Å². The first-order valence-electron chi connectivity index (χ1n) is 12.1. The van der Waals surface area contributed by atoms with Gasteiger partial charge in [-0.25, -0.2) is 8.42 Å². The standard InChI is InChI=1S/C23H48O4S.Na/c1-2-3-20-23(28(25,26)27)21-18-16-14-12-10-8-6-4-5-7-9-11-13-15-17-19-22-24;/h23-24H,2-22H2,1H3,(H,25,26,27);/q;+1/p-1. The minimum atomic E-state index is -4.12. The Hall–Kier alpha value is 0.870. The van der Waals surface area contributed by atoms with Crippen LogP contribution in [-0.4, -0.2) is 29.9 Å². The first-order valence-corrected chi connectivity index (χ1v) is 13.5. The molecule has 0 spiro atoms. The summed E-state index contributed by atoms with van der Waals surface area (Å²) in [6, 6.07) is 0. The molecule has 4 nitrogen and oxygen atoms in total. The Kier molecular flexibility index (Phi) is 26.0. The van der Waals surface area contributed by atoms with Gasteiger partial charge in [-0.3, -0.25) is 0 Å². The van der Waals surface area contributed by atoms with Crippen LogP contribution in [0.5, 0.6) is 0 Å². The van der Waals surface area contributed by atoms with Crippen molar-refractivity contribution in [2.45, 2.75) is 141 Å². The molecule has 0 rings (SSSR count). The molecule has 0 saturated carbocycles. The van der Waals surface area contributed by atoms with E-state index in [0.29, 0.717) is 19.4 Å². The van der Waals surface area contributed by atoms with Crippen molar-refractivity contribution in [3.8, 4) is 0 Å². The molecule has 1 unspecified atom stereocenters. The second-order valence-corrected chi connectivity index (χ2v) is 10.1. The van der Waals surface area contributed by atoms with Crippen molar-refractivity contribution >= 4 is 10.1 Å². The maximum Gasteiger partial charge on any atom is 1.00 e. The molecule has 0 aliphatic rings. The fourth-order valence-corrected chi connectivity index (χ4v) is 4.73. The van der Waals surface area contributed by atoms with Crippen LogP contribution in [0.25, 0.3) is 0 Å². The monoisotopic (exact) mass is 442 g/mol. The van der Waals surface area contributed by atoms with E-state index >= 15 is 0 Å². The van der Waals surface area contributed by atoms with Crippen LogP contribution in [0.4, 0.5) is 0 Å². The van der Waals surface area contributed by atoms with Gasteiger partial charge in [0.15, 0.2) is 0 Å². The first-order chi connectivity index (χ1) is 13.5. The Morgan fingerprint density at radius 1 is 0.621 bits per heavy atom. The van der Waals surface area contributed by atoms with Gasteiger partial charge in [0.05, 0.1) is 10.1 Å². The number of rotatable bonds is 22. The van der Waals surface area contributed by atoms with Crippen LogP contribution in [0.3, 0.4) is 0 Å². The molecule has 0 aromatic carbocycles. The summed E-state index contributed by atoms with van der Waals surface area (Å²) in [6.07, 6.45) is 22.6. The van der Waals surface area contributed by atoms with E-state index < -0.39 is 15.4 Å². The summed E-state index contributed by atoms with van der Waals surface area (Å²) < 4.78 is 33.8. The molecule has 0 aromatic rings. The Balaban J connectivity index is 0. The summed E-state index contributed by atoms with van der Waals surface area (Å²) in [4.78, 5) is 0. The minimum absolute atomic E-state index is 0. The smallest absolute Gasteiger partial charge is 0.748 e. The molecular formula is C23H47NaO4S. The van der Waals surface area contributed by atoms with Crippen LogP contribution >= 0.6 is 0 Å². The van der Waals surface area contributed by atoms with E-state index in [4.69, 9.17) is 5.11 Å². The molecule has 6 heteroatoms. The fraction of sp³-hybridized carbons (Fsp3) is 1.00. The maximum atomic E-state index is 11.3. The van der Waals surface area contributed by atoms with Gasteiger partial charge in [0.2, 0.25) is 0 Å². The van der Waals surface area contributed by atoms with Gasteiger partial charge < -0.3 is 9.66 Å². The van der Waals surface area contributed by atoms with Crippen molar-refractivity contribution in [2.24, 2.45) is 0 Å². The number of hydrogen-bond donors (Lipinski definition) is 1. The van der Waals surface area contributed by atoms with E-state index in [0.717, 1.165) is 38.5 Å². The number of aliphatic hydroxyl groups is 1. The van der Waals surface area contributed by atoms with Crippen LogP contribution in [0, 0.1) is 0 Å². The minimum Gasteiger partial charge on any atom is -0.748 e. The van der Waals surface area contributed by atoms with Gasteiger partial charge >= 0.3 is 29.6 Å². The number of hydrogen-bond acceptors (Lipinski definition) is 4. The quantitative estimate of drug-likeness (QED) is 0.157. The van der Waals surface area contributed by atoms with Crippen LogP contribution in [0.1, 0.15) is 135 Å². The third-order valence-electron chi connectivity index (χ3n) is 5.72. The van der Waals surface area contributed by atoms with Gasteiger partial charge in [-0.1, -0.05) is 116 Å². The predicted octanol–water partition coefficient (Wildman–Crippen LogP) is 3.72. The van der Waals surface area contributed by atoms with E-state index in [9.17, 15) is 13.0 Å². The van der Waals surface area contributed by atoms with Crippen LogP contribution in [0.15, 0.2) is 0 Å². The summed E-state index contributed by atoms with van der Waals surface area (Å²) in [5.41, 5.74) is 0. The molecule has 1 atom stereocenters. The second-order valence-electron chi connectivity index (χ2n) is 8.43. The fourth-order valence-electron chi connectivity index (χ4n) is 3.82. The Morgan fingerprint density at radius 3 is 1.24 bits per heavy atom. The zero-order valence-corrected chi connectivity index (χ0v) is 22.3. The molecule has 0 amide bonds. The summed E-state index contributed by atoms with van der Waals surface area (Å²) in [7, 11) is -4.12. The molecule has 0 radical (unpaired) electrons. The van der Waals surface area contributed by atoms with Gasteiger partial charge in [-0.15, -0.1) is 0 Å². The zero-order valence-electron chi connectivity index (χ0n) is 19.5. The van der Waals surface area contributed by atoms with E-state index in [1.54, 1.807) is 0 Å². The largest absolute Gasteiger partial charge is 1.00 e. The molecule has 170 valence electrons. The Morgan fingerprint density at radius 2 is 0.931 bits per heavy atom. The van der Waals surface area contributed by atoms with Crippen molar-refractivity contribution in [1.29, 1.82) is 0 Å². The summed E-state index contributed by atoms with van der Waals surface area (Å²) in [6.45, 7) is 2.36. The zero-order chi connectivity index (χ0) is 20.9. The third kappa shape index (κ3) is 23.4. The predicted molar refractivity (Wildman–Crippen MR) is 119 cm³/mol. The molecule has 0 heterocycles. The van der Waals surface area contributed by atoms with Crippen molar-refractivity contribution in [3.05, 3.63) is 0 Å². The molecule has 0 aliphatic heterocycles. The van der Waals surface area contributed by atoms with Crippen LogP contribution in [-0.2, 0) is 10.1 Å². The van der Waals surface area contributed by atoms with Gasteiger partial charge in [0.25, 0.3) is 0 Å². The van der Waals surface area contributed by atoms with Crippen LogP contribution in [0.2, 0.25) is 0 Å². The van der Waals surface area contributed by atoms with Crippen LogP contribution < -0.4 is 29.6 Å². The third-order valence-corrected chi connectivity index (χ3v) is 7.01. The second kappa shape index (κ2) is 23.5. The van der Waals surface area contributed by atoms with Gasteiger partial charge in [0.1, 0.15) is 0 Å². The van der Waals surface area contributed by atoms with Gasteiger partial charge in [-0.05, 0) is 19.3 Å². The molecule has 1 N–H and O–H groups in total. The maximum absolute atomic E-state index is 11.3. The van der Waals surface area contributed by atoms with E-state index in [2.05, 4.69) is 0 Å². The summed E-state index contributed by atoms with van der Waals surface area (Å²) in [5, 5.41) is 8.06. The SMILES string of the molecule is CCCCC(CCCCCCCCCCCCCCCCCCO)S(=O)(=O)[O-].[Na+]. The molecule has 0 aromatic heterocycles. The topological polar surface area (TPSA) is 77.4 Å². The molecule has 0 fully saturated rings. The van der Waals surface area contributed by atoms with Gasteiger partial charge in [0, 0.05) is 11.9 Å². The normalized spacial score (nSPS) is 12.7. The van der Waals surface area contributed by atoms with E-state index in [-0.39, 0.29) is 29.6 Å². The Bertz CT molecular complexity index is 415. The van der Waals surface area contributed by atoms with E-state index in [1.807, 2.05) is 6.92 Å². The van der Waals surface area contributed by atoms with Crippen molar-refractivity contribution < 1.29 is 47.6 Å². The van der Waals surface area contributed by atoms with Crippen molar-refractivity contribution in [3.63, 3.8) is 0 Å². The average molecular weight is 443 g/mol. The summed E-state index contributed by atoms with van der Waals surface area (Å²) >= 11 is 0. The molecule has 29 heavy (non-hydrogen) atoms. The Labute approximate surface area is 204 Å². The first kappa shape index (κ1) is 32.1. The number of unbranched alkanes of at least 4 members (excludes halogenated alkanes) is 16. The average Bonchev–Trinajstić information content (AvgIpc) is 2.65. The molecule has 0 bridgehead atoms. The van der Waals surface area contributed by atoms with Crippen molar-refractivity contribution in [1.82, 2.24) is 0 Å². The molecule has 0 saturated heterocycles. The molecule has 0 aliphatic carbocycles.